The molecule has 0 aliphatic carbocycles. The Morgan fingerprint density at radius 3 is 2.54 bits per heavy atom. The molecule has 1 saturated heterocycles. The van der Waals surface area contributed by atoms with Crippen molar-refractivity contribution in [2.45, 2.75) is 52.0 Å². The molecule has 1 fully saturated rings. The molecule has 3 rings (SSSR count). The van der Waals surface area contributed by atoms with Crippen LogP contribution in [0.3, 0.4) is 0 Å². The molecule has 26 heavy (non-hydrogen) atoms. The van der Waals surface area contributed by atoms with Crippen molar-refractivity contribution in [1.29, 1.82) is 0 Å². The van der Waals surface area contributed by atoms with E-state index < -0.39 is 5.54 Å². The Kier molecular flexibility index (Phi) is 5.62. The smallest absolute Gasteiger partial charge is 0.263 e. The molecule has 1 heterocycles. The zero-order chi connectivity index (χ0) is 18.6. The lowest BCUT2D eigenvalue weighted by Gasteiger charge is -2.18. The van der Waals surface area contributed by atoms with Crippen molar-refractivity contribution in [2.24, 2.45) is 0 Å². The summed E-state index contributed by atoms with van der Waals surface area (Å²) in [5.41, 5.74) is 7.07. The highest BCUT2D eigenvalue weighted by atomic mass is 16.5. The average molecular weight is 352 g/mol. The minimum Gasteiger partial charge on any atom is -0.493 e. The van der Waals surface area contributed by atoms with Crippen LogP contribution in [0.25, 0.3) is 16.8 Å². The zero-order valence-corrected chi connectivity index (χ0v) is 15.9. The maximum absolute atomic E-state index is 12.2. The highest BCUT2D eigenvalue weighted by Crippen LogP contribution is 2.32. The molecule has 0 unspecified atom stereocenters. The number of fused-ring (bicyclic) bond motifs is 1. The molecule has 0 bridgehead atoms. The quantitative estimate of drug-likeness (QED) is 0.566. The molecule has 1 amide bonds. The molecule has 2 aromatic rings. The van der Waals surface area contributed by atoms with Crippen molar-refractivity contribution in [3.8, 4) is 5.75 Å². The van der Waals surface area contributed by atoms with Crippen molar-refractivity contribution < 1.29 is 9.53 Å². The number of ether oxygens (including phenoxy) is 1. The summed E-state index contributed by atoms with van der Waals surface area (Å²) >= 11 is 0. The van der Waals surface area contributed by atoms with Gasteiger partial charge in [-0.05, 0) is 43.4 Å². The highest BCUT2D eigenvalue weighted by Gasteiger charge is 2.35. The van der Waals surface area contributed by atoms with Crippen LogP contribution in [0.5, 0.6) is 5.75 Å². The third-order valence-electron chi connectivity index (χ3n) is 4.86. The van der Waals surface area contributed by atoms with Gasteiger partial charge in [-0.3, -0.25) is 10.2 Å². The number of carbonyl (C=O) groups excluding carboxylic acids is 1. The van der Waals surface area contributed by atoms with Gasteiger partial charge in [-0.15, -0.1) is 0 Å². The van der Waals surface area contributed by atoms with E-state index in [9.17, 15) is 4.79 Å². The number of hydrazine groups is 1. The van der Waals surface area contributed by atoms with Crippen LogP contribution in [0.4, 0.5) is 0 Å². The van der Waals surface area contributed by atoms with E-state index in [1.807, 2.05) is 44.2 Å². The molecule has 0 radical (unpaired) electrons. The van der Waals surface area contributed by atoms with Crippen molar-refractivity contribution in [3.63, 3.8) is 0 Å². The molecular weight excluding hydrogens is 324 g/mol. The number of nitrogens with one attached hydrogen (secondary N) is 2. The van der Waals surface area contributed by atoms with Crippen LogP contribution in [0.1, 0.15) is 52.0 Å². The van der Waals surface area contributed by atoms with Crippen molar-refractivity contribution in [3.05, 3.63) is 47.5 Å². The molecule has 0 spiro atoms. The van der Waals surface area contributed by atoms with E-state index >= 15 is 0 Å². The number of hydrogen-bond acceptors (Lipinski definition) is 3. The third kappa shape index (κ3) is 3.91. The second-order valence-electron chi connectivity index (χ2n) is 7.37. The highest BCUT2D eigenvalue weighted by molar-refractivity contribution is 6.05. The van der Waals surface area contributed by atoms with E-state index in [0.717, 1.165) is 40.7 Å². The van der Waals surface area contributed by atoms with E-state index in [4.69, 9.17) is 4.74 Å². The summed E-state index contributed by atoms with van der Waals surface area (Å²) in [7, 11) is 0. The standard InChI is InChI=1S/C22H28N2O2/c1-4-5-6-7-14-26-19-13-9-11-16-10-8-12-17(20(16)19)15-18-21(25)23-24-22(18,2)3/h8-13,15,24H,4-7,14H2,1-3H3,(H,23,25)/b18-15+. The molecule has 2 aromatic carbocycles. The Hall–Kier alpha value is -2.33. The molecule has 138 valence electrons. The fourth-order valence-electron chi connectivity index (χ4n) is 3.32. The average Bonchev–Trinajstić information content (AvgIpc) is 2.88. The predicted octanol–water partition coefficient (Wildman–Crippen LogP) is 4.60. The van der Waals surface area contributed by atoms with Crippen LogP contribution >= 0.6 is 0 Å². The molecule has 0 saturated carbocycles. The van der Waals surface area contributed by atoms with Gasteiger partial charge in [0.25, 0.3) is 5.91 Å². The van der Waals surface area contributed by atoms with Crippen LogP contribution < -0.4 is 15.6 Å². The number of unbranched alkanes of at least 4 members (excludes halogenated alkanes) is 3. The van der Waals surface area contributed by atoms with E-state index in [1.165, 1.54) is 19.3 Å². The van der Waals surface area contributed by atoms with Gasteiger partial charge in [0.15, 0.2) is 0 Å². The summed E-state index contributed by atoms with van der Waals surface area (Å²) in [6.07, 6.45) is 6.69. The summed E-state index contributed by atoms with van der Waals surface area (Å²) in [4.78, 5) is 12.2. The van der Waals surface area contributed by atoms with Gasteiger partial charge in [0, 0.05) is 11.0 Å². The molecule has 0 atom stereocenters. The van der Waals surface area contributed by atoms with Gasteiger partial charge >= 0.3 is 0 Å². The van der Waals surface area contributed by atoms with Crippen LogP contribution in [-0.4, -0.2) is 18.1 Å². The summed E-state index contributed by atoms with van der Waals surface area (Å²) in [6, 6.07) is 12.3. The van der Waals surface area contributed by atoms with Gasteiger partial charge in [0.1, 0.15) is 5.75 Å². The van der Waals surface area contributed by atoms with E-state index in [-0.39, 0.29) is 5.91 Å². The lowest BCUT2D eigenvalue weighted by molar-refractivity contribution is -0.116. The molecule has 0 aromatic heterocycles. The topological polar surface area (TPSA) is 50.4 Å². The van der Waals surface area contributed by atoms with Crippen LogP contribution in [0, 0.1) is 0 Å². The minimum atomic E-state index is -0.408. The lowest BCUT2D eigenvalue weighted by Crippen LogP contribution is -2.38. The van der Waals surface area contributed by atoms with E-state index in [0.29, 0.717) is 0 Å². The number of rotatable bonds is 7. The minimum absolute atomic E-state index is 0.0787. The fourth-order valence-corrected chi connectivity index (χ4v) is 3.32. The largest absolute Gasteiger partial charge is 0.493 e. The number of hydrogen-bond donors (Lipinski definition) is 2. The first-order chi connectivity index (χ1) is 12.5. The second-order valence-corrected chi connectivity index (χ2v) is 7.37. The monoisotopic (exact) mass is 352 g/mol. The van der Waals surface area contributed by atoms with Gasteiger partial charge in [0.2, 0.25) is 0 Å². The molecular formula is C22H28N2O2. The maximum Gasteiger partial charge on any atom is 0.263 e. The Labute approximate surface area is 155 Å². The van der Waals surface area contributed by atoms with Crippen LogP contribution in [-0.2, 0) is 4.79 Å². The van der Waals surface area contributed by atoms with Crippen LogP contribution in [0.2, 0.25) is 0 Å². The Morgan fingerprint density at radius 2 is 1.85 bits per heavy atom. The maximum atomic E-state index is 12.2. The summed E-state index contributed by atoms with van der Waals surface area (Å²) in [5, 5.41) is 2.18. The van der Waals surface area contributed by atoms with Gasteiger partial charge in [-0.2, -0.15) is 0 Å². The van der Waals surface area contributed by atoms with Crippen LogP contribution in [0.15, 0.2) is 42.0 Å². The number of amides is 1. The lowest BCUT2D eigenvalue weighted by atomic mass is 9.92. The third-order valence-corrected chi connectivity index (χ3v) is 4.86. The first kappa shape index (κ1) is 18.5. The fraction of sp³-hybridized carbons (Fsp3) is 0.409. The second kappa shape index (κ2) is 7.92. The Bertz CT molecular complexity index is 819. The van der Waals surface area contributed by atoms with Gasteiger partial charge in [-0.1, -0.05) is 56.5 Å². The Balaban J connectivity index is 1.95. The number of benzene rings is 2. The van der Waals surface area contributed by atoms with Crippen molar-refractivity contribution in [1.82, 2.24) is 10.9 Å². The SMILES string of the molecule is CCCCCCOc1cccc2cccc(/C=C3\C(=O)NNC3(C)C)c12. The summed E-state index contributed by atoms with van der Waals surface area (Å²) in [5.74, 6) is 0.806. The summed E-state index contributed by atoms with van der Waals surface area (Å²) < 4.78 is 6.10. The molecule has 1 aliphatic rings. The Morgan fingerprint density at radius 1 is 1.08 bits per heavy atom. The molecule has 4 nitrogen and oxygen atoms in total. The van der Waals surface area contributed by atoms with Crippen molar-refractivity contribution >= 4 is 22.8 Å². The normalized spacial score (nSPS) is 17.7. The van der Waals surface area contributed by atoms with E-state index in [1.54, 1.807) is 0 Å². The first-order valence-corrected chi connectivity index (χ1v) is 9.47. The predicted molar refractivity (Wildman–Crippen MR) is 107 cm³/mol. The zero-order valence-electron chi connectivity index (χ0n) is 15.9. The molecule has 2 N–H and O–H groups in total. The summed E-state index contributed by atoms with van der Waals surface area (Å²) in [6.45, 7) is 6.92. The molecule has 1 aliphatic heterocycles. The van der Waals surface area contributed by atoms with Gasteiger partial charge in [0.05, 0.1) is 12.1 Å². The number of carbonyl (C=O) groups is 1. The van der Waals surface area contributed by atoms with Gasteiger partial charge < -0.3 is 4.74 Å². The molecule has 4 heteroatoms. The van der Waals surface area contributed by atoms with Gasteiger partial charge in [-0.25, -0.2) is 5.43 Å². The first-order valence-electron chi connectivity index (χ1n) is 9.47. The van der Waals surface area contributed by atoms with Crippen molar-refractivity contribution in [2.75, 3.05) is 6.61 Å². The van der Waals surface area contributed by atoms with E-state index in [2.05, 4.69) is 29.9 Å².